The summed E-state index contributed by atoms with van der Waals surface area (Å²) < 4.78 is 5.42. The van der Waals surface area contributed by atoms with E-state index in [4.69, 9.17) is 4.74 Å². The molecule has 1 aromatic rings. The van der Waals surface area contributed by atoms with E-state index in [0.29, 0.717) is 5.92 Å². The summed E-state index contributed by atoms with van der Waals surface area (Å²) in [5, 5.41) is 9.62. The van der Waals surface area contributed by atoms with E-state index in [1.807, 2.05) is 18.2 Å². The highest BCUT2D eigenvalue weighted by atomic mass is 16.5. The van der Waals surface area contributed by atoms with Crippen LogP contribution in [0.15, 0.2) is 30.3 Å². The van der Waals surface area contributed by atoms with Crippen LogP contribution in [0.1, 0.15) is 25.3 Å². The van der Waals surface area contributed by atoms with E-state index in [2.05, 4.69) is 36.9 Å². The average molecular weight is 258 g/mol. The fourth-order valence-corrected chi connectivity index (χ4v) is 2.90. The molecule has 0 aromatic heterocycles. The molecule has 3 heteroatoms. The predicted molar refractivity (Wildman–Crippen MR) is 75.8 cm³/mol. The molecule has 0 spiro atoms. The molecule has 1 aliphatic heterocycles. The van der Waals surface area contributed by atoms with Crippen molar-refractivity contribution in [3.05, 3.63) is 35.9 Å². The zero-order valence-corrected chi connectivity index (χ0v) is 11.7. The lowest BCUT2D eigenvalue weighted by molar-refractivity contribution is 0.00327. The molecule has 0 radical (unpaired) electrons. The van der Waals surface area contributed by atoms with Gasteiger partial charge in [0.2, 0.25) is 0 Å². The number of morpholine rings is 1. The highest BCUT2D eigenvalue weighted by Gasteiger charge is 2.32. The Bertz CT molecular complexity index is 418. The topological polar surface area (TPSA) is 36.3 Å². The summed E-state index contributed by atoms with van der Waals surface area (Å²) in [4.78, 5) is 2.41. The number of hydrogen-bond donors (Lipinski definition) is 0. The first-order chi connectivity index (χ1) is 9.24. The number of nitriles is 1. The number of hydrogen-bond acceptors (Lipinski definition) is 3. The molecule has 1 fully saturated rings. The van der Waals surface area contributed by atoms with Gasteiger partial charge in [0, 0.05) is 19.1 Å². The Labute approximate surface area is 115 Å². The molecule has 1 saturated heterocycles. The van der Waals surface area contributed by atoms with Crippen molar-refractivity contribution in [2.24, 2.45) is 5.92 Å². The van der Waals surface area contributed by atoms with Crippen molar-refractivity contribution in [1.29, 1.82) is 5.26 Å². The molecule has 0 bridgehead atoms. The first-order valence-corrected chi connectivity index (χ1v) is 7.00. The van der Waals surface area contributed by atoms with Gasteiger partial charge < -0.3 is 4.74 Å². The van der Waals surface area contributed by atoms with Gasteiger partial charge >= 0.3 is 0 Å². The first-order valence-electron chi connectivity index (χ1n) is 7.00. The second-order valence-corrected chi connectivity index (χ2v) is 5.40. The van der Waals surface area contributed by atoms with Crippen molar-refractivity contribution in [3.8, 4) is 6.07 Å². The Morgan fingerprint density at radius 1 is 1.16 bits per heavy atom. The molecule has 0 amide bonds. The molecular formula is C16H22N2O. The van der Waals surface area contributed by atoms with E-state index in [1.54, 1.807) is 0 Å². The highest BCUT2D eigenvalue weighted by Crippen LogP contribution is 2.28. The van der Waals surface area contributed by atoms with Gasteiger partial charge in [0.25, 0.3) is 0 Å². The Morgan fingerprint density at radius 3 is 2.32 bits per heavy atom. The second kappa shape index (κ2) is 6.70. The van der Waals surface area contributed by atoms with Crippen molar-refractivity contribution in [1.82, 2.24) is 4.90 Å². The molecule has 19 heavy (non-hydrogen) atoms. The standard InChI is InChI=1S/C16H22N2O/c1-13(2)16(18-8-10-19-11-9-18)15(12-17)14-6-4-3-5-7-14/h3-7,13,15-16H,8-11H2,1-2H3/t15-,16+/m0/s1. The van der Waals surface area contributed by atoms with Crippen molar-refractivity contribution in [2.45, 2.75) is 25.8 Å². The lowest BCUT2D eigenvalue weighted by Gasteiger charge is -2.39. The molecule has 0 saturated carbocycles. The second-order valence-electron chi connectivity index (χ2n) is 5.40. The van der Waals surface area contributed by atoms with Crippen LogP contribution < -0.4 is 0 Å². The molecular weight excluding hydrogens is 236 g/mol. The van der Waals surface area contributed by atoms with Crippen LogP contribution in [0, 0.1) is 17.2 Å². The fraction of sp³-hybridized carbons (Fsp3) is 0.562. The Morgan fingerprint density at radius 2 is 1.79 bits per heavy atom. The van der Waals surface area contributed by atoms with Crippen LogP contribution in [0.4, 0.5) is 0 Å². The Hall–Kier alpha value is -1.37. The summed E-state index contributed by atoms with van der Waals surface area (Å²) in [5.41, 5.74) is 1.12. The number of benzene rings is 1. The summed E-state index contributed by atoms with van der Waals surface area (Å²) in [7, 11) is 0. The lowest BCUT2D eigenvalue weighted by Crippen LogP contribution is -2.48. The van der Waals surface area contributed by atoms with E-state index in [9.17, 15) is 5.26 Å². The SMILES string of the molecule is CC(C)[C@H]([C@@H](C#N)c1ccccc1)N1CCOCC1. The van der Waals surface area contributed by atoms with Crippen LogP contribution in [0.3, 0.4) is 0 Å². The van der Waals surface area contributed by atoms with Crippen molar-refractivity contribution in [3.63, 3.8) is 0 Å². The molecule has 1 aliphatic rings. The van der Waals surface area contributed by atoms with E-state index in [0.717, 1.165) is 31.9 Å². The average Bonchev–Trinajstić information content (AvgIpc) is 2.46. The Balaban J connectivity index is 2.23. The van der Waals surface area contributed by atoms with Gasteiger partial charge in [0.05, 0.1) is 25.2 Å². The first kappa shape index (κ1) is 14.0. The maximum Gasteiger partial charge on any atom is 0.0870 e. The van der Waals surface area contributed by atoms with Crippen LogP contribution >= 0.6 is 0 Å². The quantitative estimate of drug-likeness (QED) is 0.833. The van der Waals surface area contributed by atoms with Crippen molar-refractivity contribution < 1.29 is 4.74 Å². The molecule has 2 atom stereocenters. The van der Waals surface area contributed by atoms with Gasteiger partial charge in [0.1, 0.15) is 0 Å². The zero-order valence-electron chi connectivity index (χ0n) is 11.7. The van der Waals surface area contributed by atoms with Gasteiger partial charge in [-0.05, 0) is 11.5 Å². The van der Waals surface area contributed by atoms with E-state index in [-0.39, 0.29) is 12.0 Å². The van der Waals surface area contributed by atoms with E-state index < -0.39 is 0 Å². The van der Waals surface area contributed by atoms with Gasteiger partial charge in [0.15, 0.2) is 0 Å². The van der Waals surface area contributed by atoms with Gasteiger partial charge in [-0.15, -0.1) is 0 Å². The molecule has 0 aliphatic carbocycles. The normalized spacial score (nSPS) is 19.9. The molecule has 0 N–H and O–H groups in total. The summed E-state index contributed by atoms with van der Waals surface area (Å²) in [5.74, 6) is 0.377. The van der Waals surface area contributed by atoms with Crippen molar-refractivity contribution >= 4 is 0 Å². The number of nitrogens with zero attached hydrogens (tertiary/aromatic N) is 2. The largest absolute Gasteiger partial charge is 0.379 e. The van der Waals surface area contributed by atoms with Crippen LogP contribution in [0.5, 0.6) is 0 Å². The third-order valence-corrected chi connectivity index (χ3v) is 3.79. The zero-order chi connectivity index (χ0) is 13.7. The van der Waals surface area contributed by atoms with Crippen LogP contribution in [-0.2, 0) is 4.74 Å². The third-order valence-electron chi connectivity index (χ3n) is 3.79. The van der Waals surface area contributed by atoms with Crippen molar-refractivity contribution in [2.75, 3.05) is 26.3 Å². The van der Waals surface area contributed by atoms with Gasteiger partial charge in [-0.25, -0.2) is 0 Å². The molecule has 1 heterocycles. The minimum absolute atomic E-state index is 0.0701. The summed E-state index contributed by atoms with van der Waals surface area (Å²) in [6.45, 7) is 7.80. The monoisotopic (exact) mass is 258 g/mol. The Kier molecular flexibility index (Phi) is 4.95. The fourth-order valence-electron chi connectivity index (χ4n) is 2.90. The van der Waals surface area contributed by atoms with Gasteiger partial charge in [-0.2, -0.15) is 5.26 Å². The van der Waals surface area contributed by atoms with E-state index >= 15 is 0 Å². The minimum Gasteiger partial charge on any atom is -0.379 e. The summed E-state index contributed by atoms with van der Waals surface area (Å²) >= 11 is 0. The maximum atomic E-state index is 9.62. The van der Waals surface area contributed by atoms with Gasteiger partial charge in [-0.3, -0.25) is 4.90 Å². The molecule has 102 valence electrons. The number of rotatable bonds is 4. The third kappa shape index (κ3) is 3.34. The molecule has 1 aromatic carbocycles. The van der Waals surface area contributed by atoms with Crippen LogP contribution in [-0.4, -0.2) is 37.2 Å². The smallest absolute Gasteiger partial charge is 0.0870 e. The predicted octanol–water partition coefficient (Wildman–Crippen LogP) is 2.65. The maximum absolute atomic E-state index is 9.62. The van der Waals surface area contributed by atoms with Gasteiger partial charge in [-0.1, -0.05) is 44.2 Å². The summed E-state index contributed by atoms with van der Waals surface area (Å²) in [6, 6.07) is 12.9. The molecule has 2 rings (SSSR count). The minimum atomic E-state index is -0.0701. The number of ether oxygens (including phenoxy) is 1. The molecule has 0 unspecified atom stereocenters. The lowest BCUT2D eigenvalue weighted by atomic mass is 9.84. The van der Waals surface area contributed by atoms with E-state index in [1.165, 1.54) is 0 Å². The highest BCUT2D eigenvalue weighted by molar-refractivity contribution is 5.27. The van der Waals surface area contributed by atoms with Crippen LogP contribution in [0.25, 0.3) is 0 Å². The van der Waals surface area contributed by atoms with Crippen LogP contribution in [0.2, 0.25) is 0 Å². The summed E-state index contributed by atoms with van der Waals surface area (Å²) in [6.07, 6.45) is 0. The molecule has 3 nitrogen and oxygen atoms in total.